The first-order valence-electron chi connectivity index (χ1n) is 16.6. The summed E-state index contributed by atoms with van der Waals surface area (Å²) in [5, 5.41) is 15.5. The molecule has 0 radical (unpaired) electrons. The monoisotopic (exact) mass is 644 g/mol. The summed E-state index contributed by atoms with van der Waals surface area (Å²) in [5.41, 5.74) is 3.09. The molecule has 3 aliphatic heterocycles. The van der Waals surface area contributed by atoms with Gasteiger partial charge in [0.15, 0.2) is 11.8 Å². The van der Waals surface area contributed by atoms with E-state index in [0.29, 0.717) is 65.0 Å². The van der Waals surface area contributed by atoms with E-state index in [4.69, 9.17) is 24.3 Å². The first-order chi connectivity index (χ1) is 22.3. The standard InChI is InChI=1S/C37H45FN4O5/c1-23-11-7-8-20-45-37(6)16-18-41(19-17-37)34-31(33(35(43)44)47-36(3,4)5)24(2)39-30-22-28(40-42(30)34)25-12-9-13-26(21-25)32-27(38)14-10-15-29(32)46-23/h9-10,12-15,21-23,33H,7-8,11,16-20H2,1-6H3,(H,43,44)/t23-,33+/m1/s1. The van der Waals surface area contributed by atoms with Gasteiger partial charge in [0.05, 0.1) is 34.1 Å². The molecule has 1 fully saturated rings. The van der Waals surface area contributed by atoms with Crippen molar-refractivity contribution < 1.29 is 28.5 Å². The molecule has 0 spiro atoms. The molecule has 0 amide bonds. The summed E-state index contributed by atoms with van der Waals surface area (Å²) >= 11 is 0. The van der Waals surface area contributed by atoms with Crippen LogP contribution in [0.3, 0.4) is 0 Å². The van der Waals surface area contributed by atoms with Crippen molar-refractivity contribution in [3.63, 3.8) is 0 Å². The number of aliphatic carboxylic acids is 1. The highest BCUT2D eigenvalue weighted by Crippen LogP contribution is 2.40. The third-order valence-corrected chi connectivity index (χ3v) is 9.09. The summed E-state index contributed by atoms with van der Waals surface area (Å²) < 4.78 is 36.2. The zero-order valence-electron chi connectivity index (χ0n) is 28.2. The lowest BCUT2D eigenvalue weighted by atomic mass is 9.92. The predicted octanol–water partition coefficient (Wildman–Crippen LogP) is 7.78. The van der Waals surface area contributed by atoms with E-state index in [-0.39, 0.29) is 17.5 Å². The second kappa shape index (κ2) is 12.9. The van der Waals surface area contributed by atoms with Crippen LogP contribution in [-0.4, -0.2) is 62.7 Å². The van der Waals surface area contributed by atoms with E-state index < -0.39 is 17.7 Å². The van der Waals surface area contributed by atoms with Crippen LogP contribution in [0.15, 0.2) is 48.5 Å². The molecular formula is C37H45FN4O5. The number of carbonyl (C=O) groups is 1. The molecule has 10 heteroatoms. The second-order valence-electron chi connectivity index (χ2n) is 14.1. The highest BCUT2D eigenvalue weighted by molar-refractivity contribution is 5.80. The fourth-order valence-corrected chi connectivity index (χ4v) is 6.63. The number of hydrogen-bond acceptors (Lipinski definition) is 7. The molecule has 2 aromatic heterocycles. The predicted molar refractivity (Wildman–Crippen MR) is 180 cm³/mol. The largest absolute Gasteiger partial charge is 0.490 e. The Balaban J connectivity index is 1.54. The maximum atomic E-state index is 15.5. The fourth-order valence-electron chi connectivity index (χ4n) is 6.63. The molecule has 7 rings (SSSR count). The lowest BCUT2D eigenvalue weighted by molar-refractivity contribution is -0.160. The van der Waals surface area contributed by atoms with Crippen molar-refractivity contribution in [1.29, 1.82) is 0 Å². The number of anilines is 1. The van der Waals surface area contributed by atoms with Gasteiger partial charge in [-0.2, -0.15) is 9.61 Å². The maximum absolute atomic E-state index is 15.5. The van der Waals surface area contributed by atoms with Crippen LogP contribution in [0.4, 0.5) is 10.2 Å². The average Bonchev–Trinajstić information content (AvgIpc) is 3.43. The zero-order chi connectivity index (χ0) is 33.5. The Labute approximate surface area is 275 Å². The Morgan fingerprint density at radius 3 is 2.55 bits per heavy atom. The van der Waals surface area contributed by atoms with Crippen molar-refractivity contribution in [1.82, 2.24) is 14.6 Å². The van der Waals surface area contributed by atoms with Gasteiger partial charge < -0.3 is 24.2 Å². The van der Waals surface area contributed by atoms with Gasteiger partial charge in [0.1, 0.15) is 17.4 Å². The minimum absolute atomic E-state index is 0.0968. The molecule has 250 valence electrons. The van der Waals surface area contributed by atoms with Gasteiger partial charge in [-0.05, 0) is 97.4 Å². The molecule has 4 aromatic rings. The molecule has 2 atom stereocenters. The topological polar surface area (TPSA) is 98.4 Å². The van der Waals surface area contributed by atoms with Crippen LogP contribution in [0.5, 0.6) is 5.75 Å². The molecule has 0 saturated carbocycles. The molecule has 3 aliphatic rings. The Morgan fingerprint density at radius 1 is 1.11 bits per heavy atom. The summed E-state index contributed by atoms with van der Waals surface area (Å²) in [6.45, 7) is 13.5. The molecule has 5 heterocycles. The Hall–Kier alpha value is -4.02. The summed E-state index contributed by atoms with van der Waals surface area (Å²) in [7, 11) is 0. The number of carboxylic acids is 1. The van der Waals surface area contributed by atoms with Crippen LogP contribution in [0.25, 0.3) is 28.0 Å². The van der Waals surface area contributed by atoms with Crippen LogP contribution in [0.1, 0.15) is 84.1 Å². The first-order valence-corrected chi connectivity index (χ1v) is 16.6. The highest BCUT2D eigenvalue weighted by atomic mass is 19.1. The van der Waals surface area contributed by atoms with Crippen LogP contribution >= 0.6 is 0 Å². The lowest BCUT2D eigenvalue weighted by Gasteiger charge is -2.41. The maximum Gasteiger partial charge on any atom is 0.337 e. The van der Waals surface area contributed by atoms with E-state index in [1.54, 1.807) is 10.6 Å². The second-order valence-corrected chi connectivity index (χ2v) is 14.1. The van der Waals surface area contributed by atoms with E-state index in [0.717, 1.165) is 37.7 Å². The number of ether oxygens (including phenoxy) is 3. The molecule has 0 aliphatic carbocycles. The summed E-state index contributed by atoms with van der Waals surface area (Å²) in [4.78, 5) is 19.8. The number of halogens is 1. The van der Waals surface area contributed by atoms with Gasteiger partial charge in [0.2, 0.25) is 0 Å². The Kier molecular flexibility index (Phi) is 9.02. The van der Waals surface area contributed by atoms with Crippen LogP contribution in [0.2, 0.25) is 0 Å². The number of nitrogens with zero attached hydrogens (tertiary/aromatic N) is 4. The van der Waals surface area contributed by atoms with E-state index >= 15 is 4.39 Å². The van der Waals surface area contributed by atoms with E-state index in [9.17, 15) is 9.90 Å². The Morgan fingerprint density at radius 2 is 1.83 bits per heavy atom. The van der Waals surface area contributed by atoms with Crippen molar-refractivity contribution in [2.75, 3.05) is 24.6 Å². The molecule has 47 heavy (non-hydrogen) atoms. The lowest BCUT2D eigenvalue weighted by Crippen LogP contribution is -2.46. The number of hydrogen-bond donors (Lipinski definition) is 1. The quantitative estimate of drug-likeness (QED) is 0.242. The molecule has 6 bridgehead atoms. The van der Waals surface area contributed by atoms with Gasteiger partial charge in [-0.25, -0.2) is 14.2 Å². The fraction of sp³-hybridized carbons (Fsp3) is 0.486. The number of piperidine rings is 1. The van der Waals surface area contributed by atoms with Crippen LogP contribution in [0, 0.1) is 12.7 Å². The third-order valence-electron chi connectivity index (χ3n) is 9.09. The number of benzene rings is 2. The van der Waals surface area contributed by atoms with Crippen LogP contribution < -0.4 is 9.64 Å². The number of aromatic nitrogens is 3. The van der Waals surface area contributed by atoms with E-state index in [1.165, 1.54) is 6.07 Å². The van der Waals surface area contributed by atoms with Gasteiger partial charge in [-0.1, -0.05) is 24.3 Å². The number of aryl methyl sites for hydroxylation is 1. The van der Waals surface area contributed by atoms with Crippen molar-refractivity contribution in [2.45, 2.75) is 97.1 Å². The van der Waals surface area contributed by atoms with Gasteiger partial charge in [-0.3, -0.25) is 0 Å². The van der Waals surface area contributed by atoms with Gasteiger partial charge in [0, 0.05) is 37.0 Å². The van der Waals surface area contributed by atoms with E-state index in [1.807, 2.05) is 71.0 Å². The average molecular weight is 645 g/mol. The summed E-state index contributed by atoms with van der Waals surface area (Å²) in [6, 6.07) is 14.4. The normalized spacial score (nSPS) is 21.3. The zero-order valence-corrected chi connectivity index (χ0v) is 28.2. The van der Waals surface area contributed by atoms with Crippen molar-refractivity contribution in [3.05, 3.63) is 65.6 Å². The molecule has 9 nitrogen and oxygen atoms in total. The molecule has 0 unspecified atom stereocenters. The van der Waals surface area contributed by atoms with Gasteiger partial charge >= 0.3 is 5.97 Å². The molecule has 1 saturated heterocycles. The minimum atomic E-state index is -1.25. The number of carboxylic acid groups (broad SMARTS) is 1. The summed E-state index contributed by atoms with van der Waals surface area (Å²) in [6.07, 6.45) is 2.82. The number of fused-ring (bicyclic) bond motifs is 8. The Bertz CT molecular complexity index is 1770. The SMILES string of the molecule is Cc1nc2cc3nn2c(c1[C@H](OC(C)(C)C)C(=O)O)N1CCC(C)(CC1)OCCCC[C@@H](C)Oc1cccc(F)c1-c1cccc-3c1. The highest BCUT2D eigenvalue weighted by Gasteiger charge is 2.38. The minimum Gasteiger partial charge on any atom is -0.490 e. The molecule has 2 aromatic carbocycles. The van der Waals surface area contributed by atoms with Gasteiger partial charge in [-0.15, -0.1) is 0 Å². The molecule has 1 N–H and O–H groups in total. The van der Waals surface area contributed by atoms with E-state index in [2.05, 4.69) is 11.8 Å². The molecular weight excluding hydrogens is 599 g/mol. The van der Waals surface area contributed by atoms with Crippen molar-refractivity contribution in [2.24, 2.45) is 0 Å². The van der Waals surface area contributed by atoms with Crippen molar-refractivity contribution >= 4 is 17.4 Å². The van der Waals surface area contributed by atoms with Crippen molar-refractivity contribution in [3.8, 4) is 28.1 Å². The van der Waals surface area contributed by atoms with Crippen LogP contribution in [-0.2, 0) is 14.3 Å². The third kappa shape index (κ3) is 6.99. The van der Waals surface area contributed by atoms with Gasteiger partial charge in [0.25, 0.3) is 0 Å². The summed E-state index contributed by atoms with van der Waals surface area (Å²) in [5.74, 6) is -0.302. The first kappa shape index (κ1) is 32.9. The smallest absolute Gasteiger partial charge is 0.337 e. The number of rotatable bonds is 3.